The molecule has 3 rings (SSSR count). The summed E-state index contributed by atoms with van der Waals surface area (Å²) in [7, 11) is 3.90. The van der Waals surface area contributed by atoms with Gasteiger partial charge in [0.15, 0.2) is 0 Å². The first-order chi connectivity index (χ1) is 12.2. The van der Waals surface area contributed by atoms with Crippen LogP contribution in [0.4, 0.5) is 5.95 Å². The Kier molecular flexibility index (Phi) is 9.00. The molecule has 3 nitrogen and oxygen atoms in total. The molecule has 1 heterocycles. The Balaban J connectivity index is 0.000000730. The summed E-state index contributed by atoms with van der Waals surface area (Å²) in [5.41, 5.74) is 5.61. The minimum Gasteiger partial charge on any atom is -0.359 e. The lowest BCUT2D eigenvalue weighted by atomic mass is 9.99. The van der Waals surface area contributed by atoms with Gasteiger partial charge in [0.2, 0.25) is 5.95 Å². The molecule has 0 spiro atoms. The van der Waals surface area contributed by atoms with Gasteiger partial charge in [-0.2, -0.15) is 0 Å². The summed E-state index contributed by atoms with van der Waals surface area (Å²) in [6, 6.07) is 16.7. The fourth-order valence-corrected chi connectivity index (χ4v) is 3.02. The molecule has 0 atom stereocenters. The van der Waals surface area contributed by atoms with Crippen LogP contribution in [0.25, 0.3) is 16.6 Å². The van der Waals surface area contributed by atoms with E-state index in [1.807, 2.05) is 65.0 Å². The third kappa shape index (κ3) is 4.73. The average Bonchev–Trinajstić information content (AvgIpc) is 3.02. The highest BCUT2D eigenvalue weighted by Gasteiger charge is 2.10. The summed E-state index contributed by atoms with van der Waals surface area (Å²) in [6.07, 6.45) is 0. The SMILES string of the molecule is CC.CC.CNc1nc2ccc(/C(=C/Br)c3ccccc3)cc2n1C. The summed E-state index contributed by atoms with van der Waals surface area (Å²) in [5, 5.41) is 3.11. The lowest BCUT2D eigenvalue weighted by molar-refractivity contribution is 0.952. The number of hydrogen-bond acceptors (Lipinski definition) is 2. The summed E-state index contributed by atoms with van der Waals surface area (Å²) in [6.45, 7) is 8.00. The molecule has 0 aliphatic carbocycles. The summed E-state index contributed by atoms with van der Waals surface area (Å²) >= 11 is 3.49. The van der Waals surface area contributed by atoms with Crippen molar-refractivity contribution in [2.45, 2.75) is 27.7 Å². The van der Waals surface area contributed by atoms with Crippen molar-refractivity contribution in [3.63, 3.8) is 0 Å². The summed E-state index contributed by atoms with van der Waals surface area (Å²) in [5.74, 6) is 0.867. The second-order valence-electron chi connectivity index (χ2n) is 4.84. The maximum absolute atomic E-state index is 4.55. The monoisotopic (exact) mass is 401 g/mol. The molecule has 0 fully saturated rings. The molecule has 25 heavy (non-hydrogen) atoms. The van der Waals surface area contributed by atoms with Crippen LogP contribution in [0, 0.1) is 0 Å². The number of aryl methyl sites for hydroxylation is 1. The Labute approximate surface area is 159 Å². The lowest BCUT2D eigenvalue weighted by Crippen LogP contribution is -1.97. The molecule has 0 amide bonds. The number of fused-ring (bicyclic) bond motifs is 1. The van der Waals surface area contributed by atoms with E-state index in [2.05, 4.69) is 61.1 Å². The Hall–Kier alpha value is -2.07. The molecular formula is C21H28BrN3. The number of imidazole rings is 1. The molecule has 0 saturated carbocycles. The Morgan fingerprint density at radius 3 is 2.20 bits per heavy atom. The van der Waals surface area contributed by atoms with Gasteiger partial charge >= 0.3 is 0 Å². The maximum atomic E-state index is 4.55. The van der Waals surface area contributed by atoms with E-state index in [0.29, 0.717) is 0 Å². The van der Waals surface area contributed by atoms with Crippen LogP contribution in [0.15, 0.2) is 53.5 Å². The average molecular weight is 402 g/mol. The highest BCUT2D eigenvalue weighted by atomic mass is 79.9. The summed E-state index contributed by atoms with van der Waals surface area (Å²) in [4.78, 5) is 6.52. The predicted octanol–water partition coefficient (Wildman–Crippen LogP) is 6.45. The van der Waals surface area contributed by atoms with Gasteiger partial charge in [-0.1, -0.05) is 80.0 Å². The number of rotatable bonds is 3. The molecule has 0 unspecified atom stereocenters. The number of nitrogens with zero attached hydrogens (tertiary/aromatic N) is 2. The van der Waals surface area contributed by atoms with Crippen molar-refractivity contribution in [1.82, 2.24) is 9.55 Å². The topological polar surface area (TPSA) is 29.9 Å². The zero-order valence-corrected chi connectivity index (χ0v) is 17.6. The molecular weight excluding hydrogens is 374 g/mol. The number of aromatic nitrogens is 2. The van der Waals surface area contributed by atoms with Gasteiger partial charge in [-0.15, -0.1) is 0 Å². The van der Waals surface area contributed by atoms with Crippen molar-refractivity contribution in [2.24, 2.45) is 7.05 Å². The summed E-state index contributed by atoms with van der Waals surface area (Å²) < 4.78 is 2.07. The minimum atomic E-state index is 0.867. The van der Waals surface area contributed by atoms with E-state index >= 15 is 0 Å². The van der Waals surface area contributed by atoms with Crippen LogP contribution in [-0.4, -0.2) is 16.6 Å². The number of anilines is 1. The van der Waals surface area contributed by atoms with Gasteiger partial charge in [-0.3, -0.25) is 0 Å². The first-order valence-electron chi connectivity index (χ1n) is 8.75. The molecule has 2 aromatic carbocycles. The fraction of sp³-hybridized carbons (Fsp3) is 0.286. The maximum Gasteiger partial charge on any atom is 0.203 e. The van der Waals surface area contributed by atoms with Crippen LogP contribution in [0.3, 0.4) is 0 Å². The van der Waals surface area contributed by atoms with Gasteiger partial charge < -0.3 is 9.88 Å². The Morgan fingerprint density at radius 2 is 1.64 bits per heavy atom. The molecule has 0 aliphatic rings. The Bertz CT molecular complexity index is 805. The van der Waals surface area contributed by atoms with Crippen molar-refractivity contribution in [3.8, 4) is 0 Å². The Morgan fingerprint density at radius 1 is 1.00 bits per heavy atom. The molecule has 1 aromatic heterocycles. The standard InChI is InChI=1S/C17H16BrN3.2C2H6/c1-19-17-20-15-9-8-13(10-16(15)21(17)2)14(11-18)12-6-4-3-5-7-12;2*1-2/h3-11H,1-2H3,(H,19,20);2*1-2H3/b14-11+;;. The molecule has 0 bridgehead atoms. The van der Waals surface area contributed by atoms with E-state index in [9.17, 15) is 0 Å². The van der Waals surface area contributed by atoms with Crippen molar-refractivity contribution >= 4 is 38.5 Å². The van der Waals surface area contributed by atoms with Crippen molar-refractivity contribution in [1.29, 1.82) is 0 Å². The van der Waals surface area contributed by atoms with Gasteiger partial charge in [0, 0.05) is 14.1 Å². The van der Waals surface area contributed by atoms with Crippen LogP contribution in [-0.2, 0) is 7.05 Å². The van der Waals surface area contributed by atoms with E-state index in [1.54, 1.807) is 0 Å². The zero-order chi connectivity index (χ0) is 18.8. The third-order valence-corrected chi connectivity index (χ3v) is 4.07. The smallest absolute Gasteiger partial charge is 0.203 e. The number of benzene rings is 2. The molecule has 134 valence electrons. The number of nitrogens with one attached hydrogen (secondary N) is 1. The molecule has 0 saturated heterocycles. The minimum absolute atomic E-state index is 0.867. The van der Waals surface area contributed by atoms with Crippen molar-refractivity contribution < 1.29 is 0 Å². The second kappa shape index (κ2) is 10.7. The van der Waals surface area contributed by atoms with Gasteiger partial charge in [-0.05, 0) is 33.8 Å². The first-order valence-corrected chi connectivity index (χ1v) is 9.66. The molecule has 3 aromatic rings. The third-order valence-electron chi connectivity index (χ3n) is 3.61. The fourth-order valence-electron chi connectivity index (χ4n) is 2.49. The van der Waals surface area contributed by atoms with Crippen LogP contribution in [0.1, 0.15) is 38.8 Å². The van der Waals surface area contributed by atoms with Gasteiger partial charge in [0.25, 0.3) is 0 Å². The van der Waals surface area contributed by atoms with E-state index < -0.39 is 0 Å². The van der Waals surface area contributed by atoms with Crippen molar-refractivity contribution in [2.75, 3.05) is 12.4 Å². The largest absolute Gasteiger partial charge is 0.359 e. The molecule has 4 heteroatoms. The quantitative estimate of drug-likeness (QED) is 0.546. The van der Waals surface area contributed by atoms with Crippen LogP contribution < -0.4 is 5.32 Å². The van der Waals surface area contributed by atoms with E-state index in [4.69, 9.17) is 0 Å². The highest BCUT2D eigenvalue weighted by molar-refractivity contribution is 9.11. The van der Waals surface area contributed by atoms with Gasteiger partial charge in [0.1, 0.15) is 0 Å². The first kappa shape index (κ1) is 21.0. The molecule has 1 N–H and O–H groups in total. The van der Waals surface area contributed by atoms with E-state index in [0.717, 1.165) is 28.1 Å². The van der Waals surface area contributed by atoms with Gasteiger partial charge in [-0.25, -0.2) is 4.98 Å². The lowest BCUT2D eigenvalue weighted by Gasteiger charge is -2.08. The number of halogens is 1. The second-order valence-corrected chi connectivity index (χ2v) is 5.29. The van der Waals surface area contributed by atoms with Crippen molar-refractivity contribution in [3.05, 3.63) is 64.6 Å². The number of hydrogen-bond donors (Lipinski definition) is 1. The molecule has 0 aliphatic heterocycles. The normalized spacial score (nSPS) is 10.4. The highest BCUT2D eigenvalue weighted by Crippen LogP contribution is 2.28. The molecule has 0 radical (unpaired) electrons. The van der Waals surface area contributed by atoms with Crippen LogP contribution in [0.2, 0.25) is 0 Å². The predicted molar refractivity (Wildman–Crippen MR) is 115 cm³/mol. The van der Waals surface area contributed by atoms with E-state index in [1.165, 1.54) is 5.56 Å². The zero-order valence-electron chi connectivity index (χ0n) is 16.0. The van der Waals surface area contributed by atoms with Crippen LogP contribution >= 0.6 is 15.9 Å². The van der Waals surface area contributed by atoms with E-state index in [-0.39, 0.29) is 0 Å². The van der Waals surface area contributed by atoms with Gasteiger partial charge in [0.05, 0.1) is 11.0 Å². The van der Waals surface area contributed by atoms with Crippen LogP contribution in [0.5, 0.6) is 0 Å².